The van der Waals surface area contributed by atoms with Crippen LogP contribution in [0.15, 0.2) is 12.2 Å². The summed E-state index contributed by atoms with van der Waals surface area (Å²) in [7, 11) is 0. The minimum Gasteiger partial charge on any atom is -0.394 e. The van der Waals surface area contributed by atoms with Crippen molar-refractivity contribution < 1.29 is 89.4 Å². The highest BCUT2D eigenvalue weighted by Crippen LogP contribution is 2.33. The largest absolute Gasteiger partial charge is 0.394 e. The Kier molecular flexibility index (Phi) is 46.8. The highest BCUT2D eigenvalue weighted by atomic mass is 16.8. The van der Waals surface area contributed by atoms with E-state index in [1.165, 1.54) is 212 Å². The molecule has 3 rings (SSSR count). The van der Waals surface area contributed by atoms with Crippen LogP contribution in [-0.2, 0) is 33.2 Å². The smallest absolute Gasteiger partial charge is 0.220 e. The molecule has 3 aliphatic rings. The first kappa shape index (κ1) is 79.8. The van der Waals surface area contributed by atoms with E-state index < -0.39 is 124 Å². The van der Waals surface area contributed by atoms with Gasteiger partial charge in [-0.3, -0.25) is 4.79 Å². The molecule has 0 saturated carbocycles. The molecule has 0 radical (unpaired) electrons. The predicted molar refractivity (Wildman–Crippen MR) is 337 cm³/mol. The van der Waals surface area contributed by atoms with Gasteiger partial charge in [-0.1, -0.05) is 270 Å². The van der Waals surface area contributed by atoms with Crippen molar-refractivity contribution in [3.63, 3.8) is 0 Å². The first-order valence-electron chi connectivity index (χ1n) is 35.4. The van der Waals surface area contributed by atoms with Gasteiger partial charge >= 0.3 is 0 Å². The number of rotatable bonds is 55. The first-order chi connectivity index (χ1) is 42.3. The van der Waals surface area contributed by atoms with E-state index in [0.717, 1.165) is 44.9 Å². The van der Waals surface area contributed by atoms with Crippen molar-refractivity contribution >= 4 is 5.91 Å². The van der Waals surface area contributed by atoms with Crippen LogP contribution in [0.1, 0.15) is 284 Å². The van der Waals surface area contributed by atoms with Crippen molar-refractivity contribution in [2.75, 3.05) is 26.4 Å². The molecular formula is C68H129NO18. The second-order valence-electron chi connectivity index (χ2n) is 25.7. The Bertz CT molecular complexity index is 1630. The fraction of sp³-hybridized carbons (Fsp3) is 0.956. The summed E-state index contributed by atoms with van der Waals surface area (Å²) in [5, 5.41) is 121. The van der Waals surface area contributed by atoms with Crippen LogP contribution < -0.4 is 5.32 Å². The minimum absolute atomic E-state index is 0.250. The molecular weight excluding hydrogens is 1120 g/mol. The van der Waals surface area contributed by atoms with Gasteiger partial charge in [0, 0.05) is 6.42 Å². The van der Waals surface area contributed by atoms with E-state index in [0.29, 0.717) is 6.42 Å². The molecule has 514 valence electrons. The van der Waals surface area contributed by atoms with Crippen LogP contribution in [0.2, 0.25) is 0 Å². The summed E-state index contributed by atoms with van der Waals surface area (Å²) in [4.78, 5) is 13.4. The summed E-state index contributed by atoms with van der Waals surface area (Å²) in [6, 6.07) is -0.968. The van der Waals surface area contributed by atoms with Gasteiger partial charge in [0.05, 0.1) is 38.6 Å². The molecule has 0 bridgehead atoms. The lowest BCUT2D eigenvalue weighted by atomic mass is 9.96. The van der Waals surface area contributed by atoms with Crippen LogP contribution in [0.4, 0.5) is 0 Å². The summed E-state index contributed by atoms with van der Waals surface area (Å²) in [5.74, 6) is -0.269. The van der Waals surface area contributed by atoms with E-state index in [9.17, 15) is 61.0 Å². The van der Waals surface area contributed by atoms with Crippen molar-refractivity contribution in [2.24, 2.45) is 0 Å². The number of aliphatic hydroxyl groups excluding tert-OH is 11. The van der Waals surface area contributed by atoms with Crippen LogP contribution in [0, 0.1) is 0 Å². The minimum atomic E-state index is -1.98. The zero-order chi connectivity index (χ0) is 63.3. The van der Waals surface area contributed by atoms with E-state index in [-0.39, 0.29) is 18.9 Å². The summed E-state index contributed by atoms with van der Waals surface area (Å²) in [5.41, 5.74) is 0. The van der Waals surface area contributed by atoms with Gasteiger partial charge in [0.25, 0.3) is 0 Å². The molecule has 0 aliphatic carbocycles. The third-order valence-electron chi connectivity index (χ3n) is 18.1. The summed E-state index contributed by atoms with van der Waals surface area (Å²) < 4.78 is 34.4. The lowest BCUT2D eigenvalue weighted by molar-refractivity contribution is -0.379. The van der Waals surface area contributed by atoms with Crippen molar-refractivity contribution in [3.8, 4) is 0 Å². The van der Waals surface area contributed by atoms with Crippen LogP contribution >= 0.6 is 0 Å². The Morgan fingerprint density at radius 2 is 0.713 bits per heavy atom. The number of hydrogen-bond donors (Lipinski definition) is 12. The van der Waals surface area contributed by atoms with E-state index >= 15 is 0 Å². The number of amides is 1. The van der Waals surface area contributed by atoms with Gasteiger partial charge in [-0.2, -0.15) is 0 Å². The van der Waals surface area contributed by atoms with Crippen molar-refractivity contribution in [3.05, 3.63) is 12.2 Å². The Balaban J connectivity index is 1.44. The van der Waals surface area contributed by atoms with Gasteiger partial charge in [-0.15, -0.1) is 0 Å². The van der Waals surface area contributed by atoms with Crippen molar-refractivity contribution in [1.82, 2.24) is 5.32 Å². The van der Waals surface area contributed by atoms with Crippen LogP contribution in [0.3, 0.4) is 0 Å². The number of carbonyl (C=O) groups is 1. The molecule has 3 fully saturated rings. The summed E-state index contributed by atoms with van der Waals surface area (Å²) >= 11 is 0. The van der Waals surface area contributed by atoms with Gasteiger partial charge in [-0.25, -0.2) is 0 Å². The average molecular weight is 1250 g/mol. The van der Waals surface area contributed by atoms with Gasteiger partial charge in [0.2, 0.25) is 5.91 Å². The van der Waals surface area contributed by atoms with Gasteiger partial charge < -0.3 is 89.9 Å². The number of unbranched alkanes of at least 4 members (excludes halogenated alkanes) is 39. The Morgan fingerprint density at radius 1 is 0.402 bits per heavy atom. The molecule has 17 unspecified atom stereocenters. The molecule has 12 N–H and O–H groups in total. The van der Waals surface area contributed by atoms with E-state index in [4.69, 9.17) is 28.4 Å². The maximum Gasteiger partial charge on any atom is 0.220 e. The number of aliphatic hydroxyl groups is 11. The topological polar surface area (TPSA) is 307 Å². The maximum absolute atomic E-state index is 13.4. The average Bonchev–Trinajstić information content (AvgIpc) is 2.37. The molecule has 3 saturated heterocycles. The number of ether oxygens (including phenoxy) is 6. The molecule has 0 aromatic heterocycles. The number of carbonyl (C=O) groups excluding carboxylic acids is 1. The molecule has 0 aromatic rings. The molecule has 1 amide bonds. The lowest BCUT2D eigenvalue weighted by Gasteiger charge is -2.48. The zero-order valence-corrected chi connectivity index (χ0v) is 54.3. The van der Waals surface area contributed by atoms with Crippen LogP contribution in [-0.4, -0.2) is 193 Å². The summed E-state index contributed by atoms with van der Waals surface area (Å²) in [6.45, 7) is 1.78. The van der Waals surface area contributed by atoms with Crippen LogP contribution in [0.5, 0.6) is 0 Å². The SMILES string of the molecule is CCCCCCCCCCCCCCCCCCCCC/C=C/C(O)C(COC1OC(CO)C(OC2OC(CO)C(OC3OC(CO)C(O)C(O)C3O)C(O)C2O)C(O)C1O)NC(=O)CCCCCCCCCCCCCCCCCCCCCCC. The molecule has 87 heavy (non-hydrogen) atoms. The standard InChI is InChI=1S/C68H129NO18/c1-3-5-7-9-11-13-15-17-19-21-23-25-27-29-31-33-35-37-39-41-43-45-52(73)51(69-56(74)46-44-42-40-38-36-34-32-30-28-26-24-22-20-18-16-14-12-10-8-6-4-2)50-82-66-62(80)59(77)64(54(48-71)84-66)87-68-63(81)60(78)65(55(49-72)85-68)86-67-61(79)58(76)57(75)53(47-70)83-67/h43,45,51-55,57-68,70-73,75-81H,3-42,44,46-50H2,1-2H3,(H,69,74)/b45-43+. The molecule has 3 aliphatic heterocycles. The monoisotopic (exact) mass is 1250 g/mol. The fourth-order valence-corrected chi connectivity index (χ4v) is 12.3. The molecule has 17 atom stereocenters. The van der Waals surface area contributed by atoms with Gasteiger partial charge in [-0.05, 0) is 19.3 Å². The molecule has 19 heteroatoms. The Morgan fingerprint density at radius 3 is 1.08 bits per heavy atom. The Labute approximate surface area is 525 Å². The van der Waals surface area contributed by atoms with Gasteiger partial charge in [0.15, 0.2) is 18.9 Å². The number of nitrogens with one attached hydrogen (secondary N) is 1. The van der Waals surface area contributed by atoms with Crippen molar-refractivity contribution in [1.29, 1.82) is 0 Å². The number of allylic oxidation sites excluding steroid dienone is 1. The van der Waals surface area contributed by atoms with E-state index in [1.807, 2.05) is 6.08 Å². The molecule has 0 spiro atoms. The normalized spacial score (nSPS) is 28.6. The molecule has 3 heterocycles. The quantitative estimate of drug-likeness (QED) is 0.0199. The summed E-state index contributed by atoms with van der Waals surface area (Å²) in [6.07, 6.45) is 29.0. The highest BCUT2D eigenvalue weighted by Gasteiger charge is 2.53. The van der Waals surface area contributed by atoms with Crippen LogP contribution in [0.25, 0.3) is 0 Å². The van der Waals surface area contributed by atoms with E-state index in [1.54, 1.807) is 6.08 Å². The highest BCUT2D eigenvalue weighted by molar-refractivity contribution is 5.76. The van der Waals surface area contributed by atoms with E-state index in [2.05, 4.69) is 19.2 Å². The number of hydrogen-bond acceptors (Lipinski definition) is 18. The molecule has 0 aromatic carbocycles. The lowest BCUT2D eigenvalue weighted by Crippen LogP contribution is -2.66. The predicted octanol–water partition coefficient (Wildman–Crippen LogP) is 9.28. The second-order valence-corrected chi connectivity index (χ2v) is 25.7. The first-order valence-corrected chi connectivity index (χ1v) is 35.4. The third-order valence-corrected chi connectivity index (χ3v) is 18.1. The fourth-order valence-electron chi connectivity index (χ4n) is 12.3. The third kappa shape index (κ3) is 33.3. The second kappa shape index (κ2) is 51.0. The zero-order valence-electron chi connectivity index (χ0n) is 54.3. The Hall–Kier alpha value is -1.47. The van der Waals surface area contributed by atoms with Gasteiger partial charge in [0.1, 0.15) is 73.2 Å². The van der Waals surface area contributed by atoms with Crippen molar-refractivity contribution in [2.45, 2.75) is 388 Å². The molecule has 19 nitrogen and oxygen atoms in total. The maximum atomic E-state index is 13.4.